The van der Waals surface area contributed by atoms with Gasteiger partial charge in [-0.1, -0.05) is 41.9 Å². The molecule has 2 heterocycles. The van der Waals surface area contributed by atoms with Crippen molar-refractivity contribution < 1.29 is 9.18 Å². The zero-order valence-electron chi connectivity index (χ0n) is 15.7. The predicted molar refractivity (Wildman–Crippen MR) is 112 cm³/mol. The summed E-state index contributed by atoms with van der Waals surface area (Å²) in [5.74, 6) is 0.186. The summed E-state index contributed by atoms with van der Waals surface area (Å²) < 4.78 is 13.3. The van der Waals surface area contributed by atoms with Crippen LogP contribution in [0, 0.1) is 11.7 Å². The third kappa shape index (κ3) is 4.54. The molecule has 0 bridgehead atoms. The van der Waals surface area contributed by atoms with E-state index in [1.165, 1.54) is 18.2 Å². The van der Waals surface area contributed by atoms with Gasteiger partial charge in [-0.05, 0) is 31.0 Å². The van der Waals surface area contributed by atoms with Crippen LogP contribution in [0.4, 0.5) is 15.9 Å². The minimum atomic E-state index is -0.502. The van der Waals surface area contributed by atoms with Gasteiger partial charge in [0.2, 0.25) is 5.91 Å². The Morgan fingerprint density at radius 2 is 1.83 bits per heavy atom. The van der Waals surface area contributed by atoms with Crippen LogP contribution in [0.25, 0.3) is 11.3 Å². The van der Waals surface area contributed by atoms with Crippen molar-refractivity contribution in [1.82, 2.24) is 9.97 Å². The average molecular weight is 411 g/mol. The highest BCUT2D eigenvalue weighted by molar-refractivity contribution is 6.31. The van der Waals surface area contributed by atoms with Crippen LogP contribution in [0.5, 0.6) is 0 Å². The molecule has 4 rings (SSSR count). The van der Waals surface area contributed by atoms with Crippen molar-refractivity contribution >= 4 is 29.0 Å². The summed E-state index contributed by atoms with van der Waals surface area (Å²) in [6.45, 7) is 1.46. The molecule has 0 saturated carbocycles. The summed E-state index contributed by atoms with van der Waals surface area (Å²) in [5, 5.41) is 2.83. The lowest BCUT2D eigenvalue weighted by atomic mass is 9.95. The van der Waals surface area contributed by atoms with Crippen molar-refractivity contribution in [3.8, 4) is 11.3 Å². The Balaban J connectivity index is 1.38. The van der Waals surface area contributed by atoms with Gasteiger partial charge in [0.25, 0.3) is 0 Å². The number of benzene rings is 2. The molecule has 1 amide bonds. The van der Waals surface area contributed by atoms with Crippen LogP contribution in [0.15, 0.2) is 60.9 Å². The second-order valence-electron chi connectivity index (χ2n) is 7.01. The first-order valence-corrected chi connectivity index (χ1v) is 9.86. The topological polar surface area (TPSA) is 58.1 Å². The maximum absolute atomic E-state index is 13.3. The van der Waals surface area contributed by atoms with Gasteiger partial charge in [0.05, 0.1) is 10.7 Å². The average Bonchev–Trinajstić information content (AvgIpc) is 2.77. The molecule has 7 heteroatoms. The Morgan fingerprint density at radius 1 is 1.07 bits per heavy atom. The van der Waals surface area contributed by atoms with E-state index in [0.717, 1.165) is 30.2 Å². The maximum Gasteiger partial charge on any atom is 0.227 e. The number of carbonyl (C=O) groups excluding carboxylic acids is 1. The van der Waals surface area contributed by atoms with Crippen LogP contribution in [-0.2, 0) is 4.79 Å². The van der Waals surface area contributed by atoms with Gasteiger partial charge in [-0.3, -0.25) is 4.79 Å². The Bertz CT molecular complexity index is 1010. The lowest BCUT2D eigenvalue weighted by molar-refractivity contribution is -0.120. The van der Waals surface area contributed by atoms with Gasteiger partial charge in [0.1, 0.15) is 18.0 Å². The summed E-state index contributed by atoms with van der Waals surface area (Å²) in [7, 11) is 0. The molecule has 2 aromatic carbocycles. The van der Waals surface area contributed by atoms with Crippen LogP contribution in [0.1, 0.15) is 12.8 Å². The molecule has 1 aromatic heterocycles. The molecule has 1 aliphatic heterocycles. The minimum absolute atomic E-state index is 0.00407. The lowest BCUT2D eigenvalue weighted by Crippen LogP contribution is -2.38. The van der Waals surface area contributed by atoms with Gasteiger partial charge in [-0.2, -0.15) is 0 Å². The number of hydrogen-bond acceptors (Lipinski definition) is 4. The quantitative estimate of drug-likeness (QED) is 0.671. The highest BCUT2D eigenvalue weighted by Gasteiger charge is 2.26. The molecular weight excluding hydrogens is 391 g/mol. The number of nitrogens with zero attached hydrogens (tertiary/aromatic N) is 3. The molecule has 1 fully saturated rings. The fourth-order valence-corrected chi connectivity index (χ4v) is 3.66. The predicted octanol–water partition coefficient (Wildman–Crippen LogP) is 4.79. The molecule has 0 spiro atoms. The van der Waals surface area contributed by atoms with Gasteiger partial charge < -0.3 is 10.2 Å². The Hall–Kier alpha value is -2.99. The van der Waals surface area contributed by atoms with E-state index in [2.05, 4.69) is 20.2 Å². The second kappa shape index (κ2) is 8.57. The summed E-state index contributed by atoms with van der Waals surface area (Å²) in [5.41, 5.74) is 2.43. The van der Waals surface area contributed by atoms with Gasteiger partial charge in [0, 0.05) is 36.3 Å². The molecule has 148 valence electrons. The summed E-state index contributed by atoms with van der Waals surface area (Å²) in [6.07, 6.45) is 3.01. The van der Waals surface area contributed by atoms with Crippen molar-refractivity contribution in [2.75, 3.05) is 23.3 Å². The first-order valence-electron chi connectivity index (χ1n) is 9.48. The smallest absolute Gasteiger partial charge is 0.227 e. The van der Waals surface area contributed by atoms with Crippen molar-refractivity contribution in [2.24, 2.45) is 5.92 Å². The van der Waals surface area contributed by atoms with Crippen LogP contribution in [0.3, 0.4) is 0 Å². The highest BCUT2D eigenvalue weighted by atomic mass is 35.5. The van der Waals surface area contributed by atoms with Crippen LogP contribution in [0.2, 0.25) is 5.02 Å². The van der Waals surface area contributed by atoms with E-state index in [4.69, 9.17) is 11.6 Å². The number of halogens is 2. The second-order valence-corrected chi connectivity index (χ2v) is 7.41. The number of amides is 1. The number of piperidine rings is 1. The molecule has 0 radical (unpaired) electrons. The normalized spacial score (nSPS) is 14.6. The van der Waals surface area contributed by atoms with E-state index >= 15 is 0 Å². The highest BCUT2D eigenvalue weighted by Crippen LogP contribution is 2.26. The Labute approximate surface area is 173 Å². The first-order chi connectivity index (χ1) is 14.1. The zero-order chi connectivity index (χ0) is 20.2. The van der Waals surface area contributed by atoms with Gasteiger partial charge in [-0.15, -0.1) is 0 Å². The number of carbonyl (C=O) groups is 1. The largest absolute Gasteiger partial charge is 0.356 e. The van der Waals surface area contributed by atoms with Crippen LogP contribution < -0.4 is 10.2 Å². The molecule has 29 heavy (non-hydrogen) atoms. The standard InChI is InChI=1S/C22H20ClFN4O/c23-18-12-17(6-7-19(18)24)27-22(29)16-8-10-28(11-9-16)21-13-20(25-14-26-21)15-4-2-1-3-5-15/h1-7,12-14,16H,8-11H2,(H,27,29). The van der Waals surface area contributed by atoms with Crippen molar-refractivity contribution in [1.29, 1.82) is 0 Å². The van der Waals surface area contributed by atoms with Crippen LogP contribution >= 0.6 is 11.6 Å². The van der Waals surface area contributed by atoms with Crippen molar-refractivity contribution in [2.45, 2.75) is 12.8 Å². The van der Waals surface area contributed by atoms with E-state index < -0.39 is 5.82 Å². The van der Waals surface area contributed by atoms with E-state index in [9.17, 15) is 9.18 Å². The first kappa shape index (κ1) is 19.3. The maximum atomic E-state index is 13.3. The summed E-state index contributed by atoms with van der Waals surface area (Å²) in [6, 6.07) is 16.1. The monoisotopic (exact) mass is 410 g/mol. The number of aromatic nitrogens is 2. The minimum Gasteiger partial charge on any atom is -0.356 e. The number of nitrogens with one attached hydrogen (secondary N) is 1. The van der Waals surface area contributed by atoms with E-state index in [1.54, 1.807) is 6.33 Å². The van der Waals surface area contributed by atoms with E-state index in [0.29, 0.717) is 18.5 Å². The number of hydrogen-bond donors (Lipinski definition) is 1. The Morgan fingerprint density at radius 3 is 2.55 bits per heavy atom. The van der Waals surface area contributed by atoms with Crippen molar-refractivity contribution in [3.05, 3.63) is 71.8 Å². The molecule has 1 N–H and O–H groups in total. The summed E-state index contributed by atoms with van der Waals surface area (Å²) >= 11 is 5.78. The molecule has 0 aliphatic carbocycles. The SMILES string of the molecule is O=C(Nc1ccc(F)c(Cl)c1)C1CCN(c2cc(-c3ccccc3)ncn2)CC1. The molecule has 1 saturated heterocycles. The molecule has 5 nitrogen and oxygen atoms in total. The van der Waals surface area contributed by atoms with Crippen LogP contribution in [-0.4, -0.2) is 29.0 Å². The third-order valence-electron chi connectivity index (χ3n) is 5.10. The number of anilines is 2. The molecule has 1 aliphatic rings. The molecule has 0 atom stereocenters. The molecule has 3 aromatic rings. The van der Waals surface area contributed by atoms with Gasteiger partial charge in [0.15, 0.2) is 0 Å². The van der Waals surface area contributed by atoms with Gasteiger partial charge >= 0.3 is 0 Å². The van der Waals surface area contributed by atoms with E-state index in [1.807, 2.05) is 36.4 Å². The molecular formula is C22H20ClFN4O. The van der Waals surface area contributed by atoms with Crippen molar-refractivity contribution in [3.63, 3.8) is 0 Å². The fourth-order valence-electron chi connectivity index (χ4n) is 3.48. The Kier molecular flexibility index (Phi) is 5.71. The fraction of sp³-hybridized carbons (Fsp3) is 0.227. The lowest BCUT2D eigenvalue weighted by Gasteiger charge is -2.32. The summed E-state index contributed by atoms with van der Waals surface area (Å²) in [4.78, 5) is 23.5. The molecule has 0 unspecified atom stereocenters. The number of rotatable bonds is 4. The zero-order valence-corrected chi connectivity index (χ0v) is 16.4. The third-order valence-corrected chi connectivity index (χ3v) is 5.39. The van der Waals surface area contributed by atoms with Gasteiger partial charge in [-0.25, -0.2) is 14.4 Å². The van der Waals surface area contributed by atoms with E-state index in [-0.39, 0.29) is 16.8 Å².